The standard InChI is InChI=1S/C29H33FN2O2/c1-21(2)19-31-29(34)27(17-23-7-5-4-6-8-23)32(20-25-13-15-26(30)16-14-25)28(33)18-24-11-9-22(3)10-12-24/h4-16,21,27H,17-20H2,1-3H3,(H,31,34)/t27-/m1/s1. The first-order valence-corrected chi connectivity index (χ1v) is 11.7. The molecule has 4 nitrogen and oxygen atoms in total. The van der Waals surface area contributed by atoms with Crippen molar-refractivity contribution in [1.29, 1.82) is 0 Å². The molecule has 0 aliphatic heterocycles. The van der Waals surface area contributed by atoms with E-state index in [1.165, 1.54) is 12.1 Å². The zero-order chi connectivity index (χ0) is 24.5. The average Bonchev–Trinajstić information content (AvgIpc) is 2.83. The number of hydrogen-bond donors (Lipinski definition) is 1. The molecule has 34 heavy (non-hydrogen) atoms. The van der Waals surface area contributed by atoms with Gasteiger partial charge in [-0.1, -0.05) is 86.1 Å². The minimum atomic E-state index is -0.691. The number of amides is 2. The SMILES string of the molecule is Cc1ccc(CC(=O)N(Cc2ccc(F)cc2)[C@H](Cc2ccccc2)C(=O)NCC(C)C)cc1. The molecule has 1 N–H and O–H groups in total. The number of benzene rings is 3. The molecule has 0 aromatic heterocycles. The molecule has 0 radical (unpaired) electrons. The second-order valence-electron chi connectivity index (χ2n) is 9.16. The fraction of sp³-hybridized carbons (Fsp3) is 0.310. The Labute approximate surface area is 201 Å². The van der Waals surface area contributed by atoms with E-state index in [-0.39, 0.29) is 36.5 Å². The van der Waals surface area contributed by atoms with Crippen molar-refractivity contribution in [2.45, 2.75) is 46.2 Å². The number of carbonyl (C=O) groups is 2. The molecule has 3 aromatic carbocycles. The van der Waals surface area contributed by atoms with Crippen molar-refractivity contribution in [2.24, 2.45) is 5.92 Å². The Bertz CT molecular complexity index is 1060. The lowest BCUT2D eigenvalue weighted by molar-refractivity contribution is -0.140. The van der Waals surface area contributed by atoms with Crippen molar-refractivity contribution in [3.05, 3.63) is 107 Å². The van der Waals surface area contributed by atoms with Gasteiger partial charge in [0.05, 0.1) is 6.42 Å². The van der Waals surface area contributed by atoms with Crippen molar-refractivity contribution in [3.8, 4) is 0 Å². The molecule has 3 aromatic rings. The Morgan fingerprint density at radius 1 is 0.853 bits per heavy atom. The molecule has 0 unspecified atom stereocenters. The van der Waals surface area contributed by atoms with E-state index in [0.717, 1.165) is 22.3 Å². The monoisotopic (exact) mass is 460 g/mol. The largest absolute Gasteiger partial charge is 0.354 e. The minimum absolute atomic E-state index is 0.145. The second-order valence-corrected chi connectivity index (χ2v) is 9.16. The number of carbonyl (C=O) groups excluding carboxylic acids is 2. The van der Waals surface area contributed by atoms with E-state index in [9.17, 15) is 14.0 Å². The molecule has 178 valence electrons. The summed E-state index contributed by atoms with van der Waals surface area (Å²) in [5, 5.41) is 3.01. The zero-order valence-electron chi connectivity index (χ0n) is 20.1. The number of rotatable bonds is 10. The molecular formula is C29H33FN2O2. The summed E-state index contributed by atoms with van der Waals surface area (Å²) in [4.78, 5) is 28.6. The molecular weight excluding hydrogens is 427 g/mol. The summed E-state index contributed by atoms with van der Waals surface area (Å²) in [5.74, 6) is -0.377. The molecule has 0 aliphatic rings. The fourth-order valence-electron chi connectivity index (χ4n) is 3.75. The lowest BCUT2D eigenvalue weighted by Gasteiger charge is -2.32. The molecule has 3 rings (SSSR count). The molecule has 0 aliphatic carbocycles. The third-order valence-electron chi connectivity index (χ3n) is 5.70. The first-order chi connectivity index (χ1) is 16.3. The van der Waals surface area contributed by atoms with Gasteiger partial charge in [-0.2, -0.15) is 0 Å². The second kappa shape index (κ2) is 12.1. The number of hydrogen-bond acceptors (Lipinski definition) is 2. The van der Waals surface area contributed by atoms with Crippen LogP contribution in [0, 0.1) is 18.7 Å². The molecule has 2 amide bonds. The van der Waals surface area contributed by atoms with Crippen LogP contribution in [0.1, 0.15) is 36.1 Å². The molecule has 0 bridgehead atoms. The number of aryl methyl sites for hydroxylation is 1. The average molecular weight is 461 g/mol. The summed E-state index contributed by atoms with van der Waals surface area (Å²) >= 11 is 0. The molecule has 0 saturated carbocycles. The van der Waals surface area contributed by atoms with E-state index in [1.54, 1.807) is 17.0 Å². The lowest BCUT2D eigenvalue weighted by Crippen LogP contribution is -2.51. The van der Waals surface area contributed by atoms with Crippen molar-refractivity contribution in [3.63, 3.8) is 0 Å². The van der Waals surface area contributed by atoms with Crippen LogP contribution in [0.4, 0.5) is 4.39 Å². The van der Waals surface area contributed by atoms with E-state index in [2.05, 4.69) is 5.32 Å². The maximum Gasteiger partial charge on any atom is 0.243 e. The van der Waals surface area contributed by atoms with Gasteiger partial charge in [-0.05, 0) is 41.7 Å². The Morgan fingerprint density at radius 3 is 2.09 bits per heavy atom. The smallest absolute Gasteiger partial charge is 0.243 e. The summed E-state index contributed by atoms with van der Waals surface area (Å²) < 4.78 is 13.5. The van der Waals surface area contributed by atoms with Crippen molar-refractivity contribution >= 4 is 11.8 Å². The first-order valence-electron chi connectivity index (χ1n) is 11.7. The van der Waals surface area contributed by atoms with Gasteiger partial charge in [-0.15, -0.1) is 0 Å². The quantitative estimate of drug-likeness (QED) is 0.458. The Kier molecular flexibility index (Phi) is 8.97. The molecule has 0 heterocycles. The highest BCUT2D eigenvalue weighted by molar-refractivity contribution is 5.88. The minimum Gasteiger partial charge on any atom is -0.354 e. The van der Waals surface area contributed by atoms with E-state index in [0.29, 0.717) is 13.0 Å². The molecule has 5 heteroatoms. The topological polar surface area (TPSA) is 49.4 Å². The highest BCUT2D eigenvalue weighted by atomic mass is 19.1. The van der Waals surface area contributed by atoms with E-state index < -0.39 is 6.04 Å². The van der Waals surface area contributed by atoms with Gasteiger partial charge in [0.15, 0.2) is 0 Å². The van der Waals surface area contributed by atoms with Crippen LogP contribution in [0.25, 0.3) is 0 Å². The van der Waals surface area contributed by atoms with Gasteiger partial charge < -0.3 is 10.2 Å². The summed E-state index contributed by atoms with van der Waals surface area (Å²) in [7, 11) is 0. The molecule has 1 atom stereocenters. The number of nitrogens with one attached hydrogen (secondary N) is 1. The van der Waals surface area contributed by atoms with Gasteiger partial charge in [0.1, 0.15) is 11.9 Å². The van der Waals surface area contributed by atoms with Crippen molar-refractivity contribution < 1.29 is 14.0 Å². The van der Waals surface area contributed by atoms with Crippen LogP contribution in [0.2, 0.25) is 0 Å². The van der Waals surface area contributed by atoms with Crippen LogP contribution in [-0.4, -0.2) is 29.3 Å². The Balaban J connectivity index is 1.93. The van der Waals surface area contributed by atoms with E-state index >= 15 is 0 Å². The molecule has 0 fully saturated rings. The first kappa shape index (κ1) is 25.2. The van der Waals surface area contributed by atoms with Crippen LogP contribution in [0.15, 0.2) is 78.9 Å². The van der Waals surface area contributed by atoms with Crippen LogP contribution in [0.3, 0.4) is 0 Å². The number of nitrogens with zero attached hydrogens (tertiary/aromatic N) is 1. The van der Waals surface area contributed by atoms with Gasteiger partial charge >= 0.3 is 0 Å². The highest BCUT2D eigenvalue weighted by Crippen LogP contribution is 2.17. The zero-order valence-corrected chi connectivity index (χ0v) is 20.1. The van der Waals surface area contributed by atoms with Gasteiger partial charge in [0, 0.05) is 19.5 Å². The lowest BCUT2D eigenvalue weighted by atomic mass is 10.0. The van der Waals surface area contributed by atoms with Gasteiger partial charge in [0.2, 0.25) is 11.8 Å². The van der Waals surface area contributed by atoms with Crippen LogP contribution >= 0.6 is 0 Å². The van der Waals surface area contributed by atoms with Gasteiger partial charge in [0.25, 0.3) is 0 Å². The Morgan fingerprint density at radius 2 is 1.47 bits per heavy atom. The van der Waals surface area contributed by atoms with Crippen LogP contribution in [0.5, 0.6) is 0 Å². The van der Waals surface area contributed by atoms with Gasteiger partial charge in [-0.3, -0.25) is 9.59 Å². The maximum atomic E-state index is 13.6. The third kappa shape index (κ3) is 7.55. The summed E-state index contributed by atoms with van der Waals surface area (Å²) in [6.07, 6.45) is 0.579. The fourth-order valence-corrected chi connectivity index (χ4v) is 3.75. The van der Waals surface area contributed by atoms with Crippen LogP contribution < -0.4 is 5.32 Å². The van der Waals surface area contributed by atoms with Crippen molar-refractivity contribution in [1.82, 2.24) is 10.2 Å². The van der Waals surface area contributed by atoms with Crippen LogP contribution in [-0.2, 0) is 29.0 Å². The predicted octanol–water partition coefficient (Wildman–Crippen LogP) is 5.09. The third-order valence-corrected chi connectivity index (χ3v) is 5.70. The highest BCUT2D eigenvalue weighted by Gasteiger charge is 2.30. The molecule has 0 spiro atoms. The predicted molar refractivity (Wildman–Crippen MR) is 134 cm³/mol. The van der Waals surface area contributed by atoms with E-state index in [4.69, 9.17) is 0 Å². The Hall–Kier alpha value is -3.47. The number of halogens is 1. The normalized spacial score (nSPS) is 11.8. The molecule has 0 saturated heterocycles. The summed E-state index contributed by atoms with van der Waals surface area (Å²) in [6, 6.07) is 22.9. The van der Waals surface area contributed by atoms with Crippen molar-refractivity contribution in [2.75, 3.05) is 6.54 Å². The summed E-state index contributed by atoms with van der Waals surface area (Å²) in [5.41, 5.74) is 3.75. The van der Waals surface area contributed by atoms with Gasteiger partial charge in [-0.25, -0.2) is 4.39 Å². The van der Waals surface area contributed by atoms with E-state index in [1.807, 2.05) is 75.4 Å². The maximum absolute atomic E-state index is 13.6. The summed E-state index contributed by atoms with van der Waals surface area (Å²) in [6.45, 7) is 6.82.